The Morgan fingerprint density at radius 1 is 1.21 bits per heavy atom. The van der Waals surface area contributed by atoms with E-state index in [2.05, 4.69) is 24.5 Å². The predicted octanol–water partition coefficient (Wildman–Crippen LogP) is 2.20. The highest BCUT2D eigenvalue weighted by Crippen LogP contribution is 2.20. The SMILES string of the molecule is CC[C@@H](C)c1ccc(NC(=O)[C@H](C)NC(N)=O)cc1. The molecule has 0 aliphatic rings. The Bertz CT molecular complexity index is 443. The molecule has 0 unspecified atom stereocenters. The fourth-order valence-electron chi connectivity index (χ4n) is 1.66. The number of hydrogen-bond acceptors (Lipinski definition) is 2. The molecule has 0 fully saturated rings. The molecule has 0 bridgehead atoms. The molecule has 1 aromatic carbocycles. The Labute approximate surface area is 113 Å². The molecular formula is C14H21N3O2. The number of carbonyl (C=O) groups is 2. The van der Waals surface area contributed by atoms with Crippen LogP contribution in [0.5, 0.6) is 0 Å². The van der Waals surface area contributed by atoms with Crippen molar-refractivity contribution in [2.24, 2.45) is 5.73 Å². The lowest BCUT2D eigenvalue weighted by Gasteiger charge is -2.14. The molecule has 0 aliphatic carbocycles. The minimum absolute atomic E-state index is 0.296. The van der Waals surface area contributed by atoms with Gasteiger partial charge in [0, 0.05) is 5.69 Å². The van der Waals surface area contributed by atoms with Crippen LogP contribution in [0.3, 0.4) is 0 Å². The Hall–Kier alpha value is -2.04. The van der Waals surface area contributed by atoms with Crippen molar-refractivity contribution in [2.45, 2.75) is 39.2 Å². The number of urea groups is 1. The highest BCUT2D eigenvalue weighted by atomic mass is 16.2. The summed E-state index contributed by atoms with van der Waals surface area (Å²) in [7, 11) is 0. The number of primary amides is 1. The molecule has 0 aromatic heterocycles. The average Bonchev–Trinajstić information content (AvgIpc) is 2.37. The molecular weight excluding hydrogens is 242 g/mol. The number of carbonyl (C=O) groups excluding carboxylic acids is 2. The molecule has 0 saturated carbocycles. The summed E-state index contributed by atoms with van der Waals surface area (Å²) in [6, 6.07) is 6.33. The van der Waals surface area contributed by atoms with Gasteiger partial charge in [-0.3, -0.25) is 4.79 Å². The molecule has 3 amide bonds. The quantitative estimate of drug-likeness (QED) is 0.760. The van der Waals surface area contributed by atoms with Crippen LogP contribution in [-0.2, 0) is 4.79 Å². The molecule has 104 valence electrons. The van der Waals surface area contributed by atoms with Crippen LogP contribution < -0.4 is 16.4 Å². The monoisotopic (exact) mass is 263 g/mol. The normalized spacial score (nSPS) is 13.4. The molecule has 0 spiro atoms. The Morgan fingerprint density at radius 3 is 2.26 bits per heavy atom. The van der Waals surface area contributed by atoms with Crippen molar-refractivity contribution in [3.63, 3.8) is 0 Å². The fraction of sp³-hybridized carbons (Fsp3) is 0.429. The molecule has 0 radical (unpaired) electrons. The van der Waals surface area contributed by atoms with Crippen LogP contribution in [0, 0.1) is 0 Å². The maximum Gasteiger partial charge on any atom is 0.312 e. The van der Waals surface area contributed by atoms with Crippen LogP contribution in [0.2, 0.25) is 0 Å². The zero-order valence-corrected chi connectivity index (χ0v) is 11.6. The van der Waals surface area contributed by atoms with Gasteiger partial charge in [-0.2, -0.15) is 0 Å². The minimum atomic E-state index is -0.713. The highest BCUT2D eigenvalue weighted by Gasteiger charge is 2.14. The molecule has 5 nitrogen and oxygen atoms in total. The lowest BCUT2D eigenvalue weighted by Crippen LogP contribution is -2.44. The third-order valence-electron chi connectivity index (χ3n) is 3.11. The lowest BCUT2D eigenvalue weighted by molar-refractivity contribution is -0.117. The van der Waals surface area contributed by atoms with Crippen LogP contribution in [0.4, 0.5) is 10.5 Å². The summed E-state index contributed by atoms with van der Waals surface area (Å²) in [5, 5.41) is 5.05. The van der Waals surface area contributed by atoms with Gasteiger partial charge in [-0.15, -0.1) is 0 Å². The first kappa shape index (κ1) is 15.0. The topological polar surface area (TPSA) is 84.2 Å². The van der Waals surface area contributed by atoms with Gasteiger partial charge in [0.2, 0.25) is 5.91 Å². The molecule has 4 N–H and O–H groups in total. The van der Waals surface area contributed by atoms with E-state index in [0.717, 1.165) is 6.42 Å². The van der Waals surface area contributed by atoms with E-state index >= 15 is 0 Å². The van der Waals surface area contributed by atoms with Gasteiger partial charge in [-0.05, 0) is 37.0 Å². The summed E-state index contributed by atoms with van der Waals surface area (Å²) in [5.41, 5.74) is 6.91. The smallest absolute Gasteiger partial charge is 0.312 e. The Balaban J connectivity index is 2.62. The summed E-state index contributed by atoms with van der Waals surface area (Å²) in [6.07, 6.45) is 1.07. The largest absolute Gasteiger partial charge is 0.352 e. The number of rotatable bonds is 5. The van der Waals surface area contributed by atoms with E-state index < -0.39 is 12.1 Å². The van der Waals surface area contributed by atoms with E-state index in [0.29, 0.717) is 11.6 Å². The molecule has 1 rings (SSSR count). The van der Waals surface area contributed by atoms with Crippen molar-refractivity contribution in [1.29, 1.82) is 0 Å². The maximum absolute atomic E-state index is 11.7. The van der Waals surface area contributed by atoms with Gasteiger partial charge in [0.1, 0.15) is 6.04 Å². The predicted molar refractivity (Wildman–Crippen MR) is 76.0 cm³/mol. The van der Waals surface area contributed by atoms with Gasteiger partial charge in [-0.25, -0.2) is 4.79 Å². The first-order valence-corrected chi connectivity index (χ1v) is 6.40. The van der Waals surface area contributed by atoms with Gasteiger partial charge >= 0.3 is 6.03 Å². The van der Waals surface area contributed by atoms with Crippen LogP contribution in [0.25, 0.3) is 0 Å². The van der Waals surface area contributed by atoms with Crippen molar-refractivity contribution in [1.82, 2.24) is 5.32 Å². The number of anilines is 1. The van der Waals surface area contributed by atoms with Gasteiger partial charge < -0.3 is 16.4 Å². The number of hydrogen-bond donors (Lipinski definition) is 3. The Morgan fingerprint density at radius 2 is 1.79 bits per heavy atom. The third kappa shape index (κ3) is 4.62. The second-order valence-corrected chi connectivity index (χ2v) is 4.65. The van der Waals surface area contributed by atoms with E-state index in [1.807, 2.05) is 24.3 Å². The summed E-state index contributed by atoms with van der Waals surface area (Å²) in [4.78, 5) is 22.4. The van der Waals surface area contributed by atoms with E-state index in [-0.39, 0.29) is 5.91 Å². The molecule has 0 heterocycles. The lowest BCUT2D eigenvalue weighted by atomic mass is 9.99. The van der Waals surface area contributed by atoms with Crippen molar-refractivity contribution in [3.8, 4) is 0 Å². The van der Waals surface area contributed by atoms with Crippen molar-refractivity contribution in [2.75, 3.05) is 5.32 Å². The molecule has 19 heavy (non-hydrogen) atoms. The number of nitrogens with one attached hydrogen (secondary N) is 2. The van der Waals surface area contributed by atoms with Crippen LogP contribution in [0.15, 0.2) is 24.3 Å². The number of amides is 3. The summed E-state index contributed by atoms with van der Waals surface area (Å²) >= 11 is 0. The van der Waals surface area contributed by atoms with E-state index in [9.17, 15) is 9.59 Å². The van der Waals surface area contributed by atoms with Gasteiger partial charge in [0.25, 0.3) is 0 Å². The third-order valence-corrected chi connectivity index (χ3v) is 3.11. The molecule has 5 heteroatoms. The van der Waals surface area contributed by atoms with E-state index in [1.165, 1.54) is 5.56 Å². The number of nitrogens with two attached hydrogens (primary N) is 1. The van der Waals surface area contributed by atoms with E-state index in [1.54, 1.807) is 6.92 Å². The summed E-state index contributed by atoms with van der Waals surface area (Å²) in [5.74, 6) is 0.204. The van der Waals surface area contributed by atoms with Crippen molar-refractivity contribution >= 4 is 17.6 Å². The van der Waals surface area contributed by atoms with Crippen molar-refractivity contribution in [3.05, 3.63) is 29.8 Å². The average molecular weight is 263 g/mol. The molecule has 2 atom stereocenters. The second-order valence-electron chi connectivity index (χ2n) is 4.65. The second kappa shape index (κ2) is 6.78. The van der Waals surface area contributed by atoms with Crippen LogP contribution >= 0.6 is 0 Å². The molecule has 1 aromatic rings. The molecule has 0 aliphatic heterocycles. The number of benzene rings is 1. The van der Waals surface area contributed by atoms with Gasteiger partial charge in [0.15, 0.2) is 0 Å². The van der Waals surface area contributed by atoms with E-state index in [4.69, 9.17) is 5.73 Å². The Kier molecular flexibility index (Phi) is 5.36. The first-order chi connectivity index (χ1) is 8.93. The fourth-order valence-corrected chi connectivity index (χ4v) is 1.66. The minimum Gasteiger partial charge on any atom is -0.352 e. The zero-order valence-electron chi connectivity index (χ0n) is 11.6. The highest BCUT2D eigenvalue weighted by molar-refractivity contribution is 5.96. The summed E-state index contributed by atoms with van der Waals surface area (Å²) < 4.78 is 0. The maximum atomic E-state index is 11.7. The zero-order chi connectivity index (χ0) is 14.4. The molecule has 0 saturated heterocycles. The van der Waals surface area contributed by atoms with Crippen LogP contribution in [0.1, 0.15) is 38.7 Å². The summed E-state index contributed by atoms with van der Waals surface area (Å²) in [6.45, 7) is 5.87. The van der Waals surface area contributed by atoms with Crippen molar-refractivity contribution < 1.29 is 9.59 Å². The van der Waals surface area contributed by atoms with Gasteiger partial charge in [-0.1, -0.05) is 26.0 Å². The first-order valence-electron chi connectivity index (χ1n) is 6.40. The standard InChI is InChI=1S/C14H21N3O2/c1-4-9(2)11-5-7-12(8-6-11)17-13(18)10(3)16-14(15)19/h5-10H,4H2,1-3H3,(H,17,18)(H3,15,16,19)/t9-,10+/m1/s1. The van der Waals surface area contributed by atoms with Crippen LogP contribution in [-0.4, -0.2) is 18.0 Å². The van der Waals surface area contributed by atoms with Gasteiger partial charge in [0.05, 0.1) is 0 Å².